The minimum atomic E-state index is -2.56. The van der Waals surface area contributed by atoms with Crippen molar-refractivity contribution in [2.75, 3.05) is 0 Å². The molecule has 0 radical (unpaired) electrons. The van der Waals surface area contributed by atoms with Gasteiger partial charge in [0.15, 0.2) is 11.6 Å². The van der Waals surface area contributed by atoms with Crippen LogP contribution in [0.25, 0.3) is 22.2 Å². The molecule has 3 rings (SSSR count). The predicted molar refractivity (Wildman–Crippen MR) is 85.4 cm³/mol. The largest absolute Gasteiger partial charge is 0.336 e. The molecule has 0 saturated carbocycles. The van der Waals surface area contributed by atoms with E-state index < -0.39 is 12.2 Å². The van der Waals surface area contributed by atoms with Crippen molar-refractivity contribution in [3.63, 3.8) is 0 Å². The molecule has 6 heteroatoms. The van der Waals surface area contributed by atoms with Gasteiger partial charge in [-0.15, -0.1) is 0 Å². The molecule has 3 aromatic rings. The number of aromatic nitrogens is 2. The normalized spacial score (nSPS) is 11.4. The van der Waals surface area contributed by atoms with Crippen LogP contribution in [0.4, 0.5) is 13.2 Å². The van der Waals surface area contributed by atoms with Crippen LogP contribution in [0, 0.1) is 5.82 Å². The fourth-order valence-corrected chi connectivity index (χ4v) is 2.57. The van der Waals surface area contributed by atoms with Gasteiger partial charge in [-0.3, -0.25) is 9.78 Å². The summed E-state index contributed by atoms with van der Waals surface area (Å²) in [5.74, 6) is -0.543. The Morgan fingerprint density at radius 3 is 2.75 bits per heavy atom. The molecule has 1 aromatic carbocycles. The van der Waals surface area contributed by atoms with Crippen LogP contribution in [-0.4, -0.2) is 15.3 Å². The van der Waals surface area contributed by atoms with E-state index in [-0.39, 0.29) is 23.4 Å². The SMILES string of the molecule is CCC(=O)Cn1cc(F)c2ncc(-c3cccc(C(F)F)c3)cc21. The lowest BCUT2D eigenvalue weighted by Gasteiger charge is -2.07. The van der Waals surface area contributed by atoms with Crippen molar-refractivity contribution in [2.24, 2.45) is 0 Å². The molecule has 0 spiro atoms. The molecule has 3 nitrogen and oxygen atoms in total. The molecule has 0 N–H and O–H groups in total. The monoisotopic (exact) mass is 332 g/mol. The van der Waals surface area contributed by atoms with Crippen LogP contribution in [0.3, 0.4) is 0 Å². The third kappa shape index (κ3) is 3.04. The maximum absolute atomic E-state index is 14.0. The van der Waals surface area contributed by atoms with Gasteiger partial charge in [0.1, 0.15) is 5.52 Å². The maximum atomic E-state index is 14.0. The highest BCUT2D eigenvalue weighted by atomic mass is 19.3. The Bertz CT molecular complexity index is 902. The summed E-state index contributed by atoms with van der Waals surface area (Å²) < 4.78 is 41.2. The number of benzene rings is 1. The van der Waals surface area contributed by atoms with Gasteiger partial charge in [0, 0.05) is 29.9 Å². The third-order valence-corrected chi connectivity index (χ3v) is 3.89. The zero-order valence-electron chi connectivity index (χ0n) is 13.0. The summed E-state index contributed by atoms with van der Waals surface area (Å²) in [6.45, 7) is 1.79. The Balaban J connectivity index is 2.09. The standard InChI is InChI=1S/C18H15F3N2O/c1-2-14(24)9-23-10-15(19)17-16(23)7-13(8-22-17)11-4-3-5-12(6-11)18(20)21/h3-8,10,18H,2,9H2,1H3. The zero-order chi connectivity index (χ0) is 17.3. The number of hydrogen-bond acceptors (Lipinski definition) is 2. The van der Waals surface area contributed by atoms with Gasteiger partial charge in [0.2, 0.25) is 0 Å². The fraction of sp³-hybridized carbons (Fsp3) is 0.222. The van der Waals surface area contributed by atoms with Crippen molar-refractivity contribution in [3.05, 3.63) is 54.1 Å². The number of ketones is 1. The zero-order valence-corrected chi connectivity index (χ0v) is 13.0. The highest BCUT2D eigenvalue weighted by Crippen LogP contribution is 2.28. The topological polar surface area (TPSA) is 34.9 Å². The van der Waals surface area contributed by atoms with Gasteiger partial charge in [0.05, 0.1) is 12.1 Å². The molecule has 0 unspecified atom stereocenters. The number of alkyl halides is 2. The van der Waals surface area contributed by atoms with E-state index in [0.29, 0.717) is 23.1 Å². The molecule has 0 aliphatic carbocycles. The Morgan fingerprint density at radius 1 is 1.25 bits per heavy atom. The first kappa shape index (κ1) is 16.2. The number of carbonyl (C=O) groups is 1. The molecule has 2 aromatic heterocycles. The molecule has 2 heterocycles. The van der Waals surface area contributed by atoms with E-state index in [9.17, 15) is 18.0 Å². The van der Waals surface area contributed by atoms with Gasteiger partial charge in [0.25, 0.3) is 6.43 Å². The lowest BCUT2D eigenvalue weighted by atomic mass is 10.0. The van der Waals surface area contributed by atoms with E-state index >= 15 is 0 Å². The summed E-state index contributed by atoms with van der Waals surface area (Å²) in [6.07, 6.45) is 0.474. The van der Waals surface area contributed by atoms with Crippen molar-refractivity contribution in [2.45, 2.75) is 26.3 Å². The average molecular weight is 332 g/mol. The predicted octanol–water partition coefficient (Wildman–Crippen LogP) is 4.76. The number of Topliss-reactive ketones (excluding diaryl/α,β-unsaturated/α-hetero) is 1. The van der Waals surface area contributed by atoms with Crippen molar-refractivity contribution in [1.29, 1.82) is 0 Å². The number of fused-ring (bicyclic) bond motifs is 1. The quantitative estimate of drug-likeness (QED) is 0.675. The minimum Gasteiger partial charge on any atom is -0.336 e. The number of halogens is 3. The molecule has 24 heavy (non-hydrogen) atoms. The van der Waals surface area contributed by atoms with Gasteiger partial charge in [-0.1, -0.05) is 25.1 Å². The number of nitrogens with zero attached hydrogens (tertiary/aromatic N) is 2. The second kappa shape index (κ2) is 6.47. The lowest BCUT2D eigenvalue weighted by Crippen LogP contribution is -2.07. The summed E-state index contributed by atoms with van der Waals surface area (Å²) in [7, 11) is 0. The lowest BCUT2D eigenvalue weighted by molar-refractivity contribution is -0.119. The second-order valence-corrected chi connectivity index (χ2v) is 5.52. The first-order valence-electron chi connectivity index (χ1n) is 7.54. The summed E-state index contributed by atoms with van der Waals surface area (Å²) in [5.41, 5.74) is 1.70. The smallest absolute Gasteiger partial charge is 0.263 e. The summed E-state index contributed by atoms with van der Waals surface area (Å²) in [4.78, 5) is 15.8. The van der Waals surface area contributed by atoms with Gasteiger partial charge in [-0.25, -0.2) is 13.2 Å². The molecular weight excluding hydrogens is 317 g/mol. The van der Waals surface area contributed by atoms with Crippen LogP contribution in [0.5, 0.6) is 0 Å². The number of pyridine rings is 1. The van der Waals surface area contributed by atoms with Crippen LogP contribution in [0.2, 0.25) is 0 Å². The molecule has 0 aliphatic heterocycles. The highest BCUT2D eigenvalue weighted by Gasteiger charge is 2.14. The Hall–Kier alpha value is -2.63. The van der Waals surface area contributed by atoms with Crippen molar-refractivity contribution in [3.8, 4) is 11.1 Å². The van der Waals surface area contributed by atoms with Crippen molar-refractivity contribution in [1.82, 2.24) is 9.55 Å². The van der Waals surface area contributed by atoms with Gasteiger partial charge >= 0.3 is 0 Å². The van der Waals surface area contributed by atoms with Crippen molar-refractivity contribution >= 4 is 16.8 Å². The second-order valence-electron chi connectivity index (χ2n) is 5.52. The molecule has 0 atom stereocenters. The summed E-state index contributed by atoms with van der Waals surface area (Å²) >= 11 is 0. The first-order chi connectivity index (χ1) is 11.5. The Labute approximate surface area is 136 Å². The number of rotatable bonds is 5. The maximum Gasteiger partial charge on any atom is 0.263 e. The molecule has 124 valence electrons. The van der Waals surface area contributed by atoms with Crippen LogP contribution >= 0.6 is 0 Å². The van der Waals surface area contributed by atoms with E-state index in [4.69, 9.17) is 0 Å². The van der Waals surface area contributed by atoms with Gasteiger partial charge < -0.3 is 4.57 Å². The van der Waals surface area contributed by atoms with E-state index in [1.54, 1.807) is 25.1 Å². The van der Waals surface area contributed by atoms with Crippen molar-refractivity contribution < 1.29 is 18.0 Å². The summed E-state index contributed by atoms with van der Waals surface area (Å²) in [6, 6.07) is 7.63. The Kier molecular flexibility index (Phi) is 4.38. The Morgan fingerprint density at radius 2 is 2.04 bits per heavy atom. The van der Waals surface area contributed by atoms with E-state index in [0.717, 1.165) is 0 Å². The van der Waals surface area contributed by atoms with Gasteiger partial charge in [-0.05, 0) is 17.7 Å². The van der Waals surface area contributed by atoms with E-state index in [1.807, 2.05) is 0 Å². The summed E-state index contributed by atoms with van der Waals surface area (Å²) in [5, 5.41) is 0. The molecule has 0 aliphatic rings. The highest BCUT2D eigenvalue weighted by molar-refractivity contribution is 5.85. The van der Waals surface area contributed by atoms with Gasteiger partial charge in [-0.2, -0.15) is 0 Å². The molecular formula is C18H15F3N2O. The van der Waals surface area contributed by atoms with Crippen LogP contribution in [-0.2, 0) is 11.3 Å². The van der Waals surface area contributed by atoms with E-state index in [2.05, 4.69) is 4.98 Å². The minimum absolute atomic E-state index is 0.0306. The van der Waals surface area contributed by atoms with Crippen LogP contribution in [0.1, 0.15) is 25.3 Å². The molecule has 0 amide bonds. The number of hydrogen-bond donors (Lipinski definition) is 0. The molecule has 0 saturated heterocycles. The third-order valence-electron chi connectivity index (χ3n) is 3.89. The van der Waals surface area contributed by atoms with Crippen LogP contribution < -0.4 is 0 Å². The van der Waals surface area contributed by atoms with Crippen LogP contribution in [0.15, 0.2) is 42.7 Å². The fourth-order valence-electron chi connectivity index (χ4n) is 2.57. The average Bonchev–Trinajstić information content (AvgIpc) is 2.90. The molecule has 0 fully saturated rings. The van der Waals surface area contributed by atoms with E-state index in [1.165, 1.54) is 29.1 Å². The first-order valence-corrected chi connectivity index (χ1v) is 7.54. The molecule has 0 bridgehead atoms. The number of carbonyl (C=O) groups excluding carboxylic acids is 1.